The van der Waals surface area contributed by atoms with Crippen LogP contribution in [0.15, 0.2) is 36.8 Å². The van der Waals surface area contributed by atoms with Crippen molar-refractivity contribution < 1.29 is 0 Å². The molecule has 3 heterocycles. The smallest absolute Gasteiger partial charge is 0.227 e. The Morgan fingerprint density at radius 3 is 2.86 bits per heavy atom. The van der Waals surface area contributed by atoms with Gasteiger partial charge < -0.3 is 5.32 Å². The van der Waals surface area contributed by atoms with Crippen LogP contribution >= 0.6 is 0 Å². The molecule has 0 fully saturated rings. The molecule has 7 heteroatoms. The third-order valence-corrected chi connectivity index (χ3v) is 5.22. The molecule has 0 atom stereocenters. The van der Waals surface area contributed by atoms with Crippen LogP contribution in [0.4, 0.5) is 11.6 Å². The maximum atomic E-state index is 8.96. The van der Waals surface area contributed by atoms with Crippen molar-refractivity contribution >= 4 is 11.6 Å². The predicted molar refractivity (Wildman–Crippen MR) is 113 cm³/mol. The average Bonchev–Trinajstić information content (AvgIpc) is 3.20. The lowest BCUT2D eigenvalue weighted by Gasteiger charge is -2.27. The van der Waals surface area contributed by atoms with E-state index in [0.717, 1.165) is 42.0 Å². The van der Waals surface area contributed by atoms with Gasteiger partial charge in [0, 0.05) is 42.8 Å². The number of benzene rings is 1. The van der Waals surface area contributed by atoms with Crippen molar-refractivity contribution in [1.82, 2.24) is 24.6 Å². The number of hydrogen-bond donors (Lipinski definition) is 1. The molecule has 2 aromatic heterocycles. The first kappa shape index (κ1) is 19.1. The fourth-order valence-corrected chi connectivity index (χ4v) is 3.59. The lowest BCUT2D eigenvalue weighted by atomic mass is 9.99. The van der Waals surface area contributed by atoms with Gasteiger partial charge in [0.2, 0.25) is 5.95 Å². The number of aryl methyl sites for hydroxylation is 1. The maximum absolute atomic E-state index is 8.96. The molecular formula is C22H25N7. The molecule has 29 heavy (non-hydrogen) atoms. The van der Waals surface area contributed by atoms with E-state index in [1.165, 1.54) is 11.1 Å². The SMILES string of the molecule is Cc1cnc(Nc2ccc3c(c2)CN(CC#N)CC3)nc1-c1cnn(C(C)C)c1. The van der Waals surface area contributed by atoms with Gasteiger partial charge in [0.1, 0.15) is 0 Å². The quantitative estimate of drug-likeness (QED) is 0.670. The number of nitrogens with one attached hydrogen (secondary N) is 1. The van der Waals surface area contributed by atoms with Crippen LogP contribution in [0, 0.1) is 18.3 Å². The van der Waals surface area contributed by atoms with Gasteiger partial charge in [-0.25, -0.2) is 9.97 Å². The molecule has 0 bridgehead atoms. The molecule has 0 unspecified atom stereocenters. The predicted octanol–water partition coefficient (Wildman–Crippen LogP) is 3.85. The minimum atomic E-state index is 0.305. The van der Waals surface area contributed by atoms with E-state index in [2.05, 4.69) is 58.4 Å². The van der Waals surface area contributed by atoms with Crippen LogP contribution in [0.1, 0.15) is 36.6 Å². The van der Waals surface area contributed by atoms with Gasteiger partial charge in [-0.1, -0.05) is 6.07 Å². The van der Waals surface area contributed by atoms with Crippen LogP contribution in [0.25, 0.3) is 11.3 Å². The number of rotatable bonds is 5. The topological polar surface area (TPSA) is 82.7 Å². The van der Waals surface area contributed by atoms with Crippen molar-refractivity contribution in [3.8, 4) is 17.3 Å². The molecule has 1 aliphatic rings. The standard InChI is InChI=1S/C22H25N7/c1-15(2)29-14-19(12-25-29)21-16(3)11-24-22(27-21)26-20-5-4-17-6-8-28(9-7-23)13-18(17)10-20/h4-5,10-12,14-15H,6,8-9,13H2,1-3H3,(H,24,26,27). The molecule has 0 aliphatic carbocycles. The Morgan fingerprint density at radius 1 is 1.24 bits per heavy atom. The maximum Gasteiger partial charge on any atom is 0.227 e. The molecular weight excluding hydrogens is 362 g/mol. The summed E-state index contributed by atoms with van der Waals surface area (Å²) in [5.41, 5.74) is 6.43. The summed E-state index contributed by atoms with van der Waals surface area (Å²) in [5, 5.41) is 16.7. The molecule has 7 nitrogen and oxygen atoms in total. The normalized spacial score (nSPS) is 13.9. The summed E-state index contributed by atoms with van der Waals surface area (Å²) in [6, 6.07) is 8.91. The van der Waals surface area contributed by atoms with Crippen LogP contribution < -0.4 is 5.32 Å². The fourth-order valence-electron chi connectivity index (χ4n) is 3.59. The average molecular weight is 387 g/mol. The number of anilines is 2. The van der Waals surface area contributed by atoms with E-state index in [1.54, 1.807) is 0 Å². The third kappa shape index (κ3) is 4.13. The Hall–Kier alpha value is -3.24. The first-order valence-corrected chi connectivity index (χ1v) is 9.90. The minimum absolute atomic E-state index is 0.305. The first-order chi connectivity index (χ1) is 14.0. The first-order valence-electron chi connectivity index (χ1n) is 9.90. The van der Waals surface area contributed by atoms with Gasteiger partial charge in [0.05, 0.1) is 24.5 Å². The van der Waals surface area contributed by atoms with Crippen molar-refractivity contribution in [3.05, 3.63) is 53.5 Å². The number of aromatic nitrogens is 4. The van der Waals surface area contributed by atoms with Gasteiger partial charge in [-0.15, -0.1) is 0 Å². The third-order valence-electron chi connectivity index (χ3n) is 5.22. The second-order valence-corrected chi connectivity index (χ2v) is 7.76. The zero-order valence-electron chi connectivity index (χ0n) is 17.1. The van der Waals surface area contributed by atoms with E-state index < -0.39 is 0 Å². The zero-order chi connectivity index (χ0) is 20.4. The number of nitrogens with zero attached hydrogens (tertiary/aromatic N) is 6. The molecule has 0 spiro atoms. The van der Waals surface area contributed by atoms with Crippen molar-refractivity contribution in [2.45, 2.75) is 39.8 Å². The number of nitriles is 1. The second kappa shape index (κ2) is 8.02. The fraction of sp³-hybridized carbons (Fsp3) is 0.364. The summed E-state index contributed by atoms with van der Waals surface area (Å²) < 4.78 is 1.93. The van der Waals surface area contributed by atoms with Crippen LogP contribution in [0.3, 0.4) is 0 Å². The number of fused-ring (bicyclic) bond motifs is 1. The highest BCUT2D eigenvalue weighted by Gasteiger charge is 2.16. The van der Waals surface area contributed by atoms with E-state index in [0.29, 0.717) is 18.5 Å². The molecule has 1 aromatic carbocycles. The van der Waals surface area contributed by atoms with Crippen molar-refractivity contribution in [3.63, 3.8) is 0 Å². The van der Waals surface area contributed by atoms with E-state index in [4.69, 9.17) is 10.2 Å². The van der Waals surface area contributed by atoms with Crippen LogP contribution in [-0.2, 0) is 13.0 Å². The monoisotopic (exact) mass is 387 g/mol. The van der Waals surface area contributed by atoms with Gasteiger partial charge in [-0.3, -0.25) is 9.58 Å². The molecule has 4 rings (SSSR count). The Kier molecular flexibility index (Phi) is 5.28. The zero-order valence-corrected chi connectivity index (χ0v) is 17.1. The number of hydrogen-bond acceptors (Lipinski definition) is 6. The second-order valence-electron chi connectivity index (χ2n) is 7.76. The molecule has 1 N–H and O–H groups in total. The molecule has 1 aliphatic heterocycles. The molecule has 0 radical (unpaired) electrons. The summed E-state index contributed by atoms with van der Waals surface area (Å²) in [5.74, 6) is 0.563. The van der Waals surface area contributed by atoms with E-state index >= 15 is 0 Å². The highest BCUT2D eigenvalue weighted by atomic mass is 15.3. The molecule has 148 valence electrons. The van der Waals surface area contributed by atoms with E-state index in [9.17, 15) is 0 Å². The summed E-state index contributed by atoms with van der Waals surface area (Å²) in [4.78, 5) is 11.4. The van der Waals surface area contributed by atoms with Gasteiger partial charge in [0.25, 0.3) is 0 Å². The van der Waals surface area contributed by atoms with E-state index in [-0.39, 0.29) is 0 Å². The highest BCUT2D eigenvalue weighted by Crippen LogP contribution is 2.26. The Balaban J connectivity index is 1.57. The summed E-state index contributed by atoms with van der Waals surface area (Å²) in [7, 11) is 0. The highest BCUT2D eigenvalue weighted by molar-refractivity contribution is 5.64. The van der Waals surface area contributed by atoms with Gasteiger partial charge >= 0.3 is 0 Å². The summed E-state index contributed by atoms with van der Waals surface area (Å²) in [6.07, 6.45) is 6.68. The molecule has 0 amide bonds. The van der Waals surface area contributed by atoms with Gasteiger partial charge in [0.15, 0.2) is 0 Å². The van der Waals surface area contributed by atoms with Crippen molar-refractivity contribution in [2.24, 2.45) is 0 Å². The minimum Gasteiger partial charge on any atom is -0.324 e. The lowest BCUT2D eigenvalue weighted by Crippen LogP contribution is -2.30. The molecule has 3 aromatic rings. The van der Waals surface area contributed by atoms with Crippen LogP contribution in [0.2, 0.25) is 0 Å². The van der Waals surface area contributed by atoms with Gasteiger partial charge in [-0.2, -0.15) is 10.4 Å². The van der Waals surface area contributed by atoms with Crippen molar-refractivity contribution in [1.29, 1.82) is 5.26 Å². The molecule has 0 saturated heterocycles. The summed E-state index contributed by atoms with van der Waals surface area (Å²) >= 11 is 0. The summed E-state index contributed by atoms with van der Waals surface area (Å²) in [6.45, 7) is 8.41. The largest absolute Gasteiger partial charge is 0.324 e. The van der Waals surface area contributed by atoms with Crippen molar-refractivity contribution in [2.75, 3.05) is 18.4 Å². The Morgan fingerprint density at radius 2 is 2.10 bits per heavy atom. The molecule has 0 saturated carbocycles. The van der Waals surface area contributed by atoms with Gasteiger partial charge in [-0.05, 0) is 56.0 Å². The lowest BCUT2D eigenvalue weighted by molar-refractivity contribution is 0.285. The Bertz CT molecular complexity index is 1060. The Labute approximate surface area is 171 Å². The van der Waals surface area contributed by atoms with E-state index in [1.807, 2.05) is 30.2 Å². The van der Waals surface area contributed by atoms with Crippen LogP contribution in [-0.4, -0.2) is 37.7 Å². The van der Waals surface area contributed by atoms with Crippen LogP contribution in [0.5, 0.6) is 0 Å².